The fourth-order valence-corrected chi connectivity index (χ4v) is 3.28. The summed E-state index contributed by atoms with van der Waals surface area (Å²) in [5.41, 5.74) is 2.08. The Morgan fingerprint density at radius 1 is 1.00 bits per heavy atom. The van der Waals surface area contributed by atoms with Gasteiger partial charge in [0.2, 0.25) is 12.5 Å². The zero-order valence-electron chi connectivity index (χ0n) is 14.7. The molecule has 0 amide bonds. The summed E-state index contributed by atoms with van der Waals surface area (Å²) in [4.78, 5) is 12.3. The van der Waals surface area contributed by atoms with Gasteiger partial charge in [0.15, 0.2) is 11.5 Å². The molecule has 2 aliphatic heterocycles. The predicted octanol–water partition coefficient (Wildman–Crippen LogP) is 2.90. The third-order valence-corrected chi connectivity index (χ3v) is 4.50. The molecule has 2 aromatic rings. The van der Waals surface area contributed by atoms with Crippen molar-refractivity contribution < 1.29 is 33.2 Å². The van der Waals surface area contributed by atoms with E-state index in [9.17, 15) is 4.79 Å². The molecule has 7 nitrogen and oxygen atoms in total. The molecule has 2 aliphatic rings. The van der Waals surface area contributed by atoms with E-state index in [0.29, 0.717) is 40.7 Å². The molecule has 7 heteroatoms. The van der Waals surface area contributed by atoms with Crippen LogP contribution in [0.15, 0.2) is 24.3 Å². The van der Waals surface area contributed by atoms with Crippen LogP contribution in [0.25, 0.3) is 0 Å². The highest BCUT2D eigenvalue weighted by Gasteiger charge is 2.35. The highest BCUT2D eigenvalue weighted by molar-refractivity contribution is 5.97. The van der Waals surface area contributed by atoms with Crippen LogP contribution in [-0.2, 0) is 11.2 Å². The van der Waals surface area contributed by atoms with Crippen LogP contribution in [0.5, 0.6) is 28.7 Å². The Morgan fingerprint density at radius 3 is 2.54 bits per heavy atom. The SMILES string of the molecule is COc1cc(OC)c2c(c1)C(Cc1cc(OC)c3c(c1)OCO3)OC2=O. The molecule has 0 saturated carbocycles. The van der Waals surface area contributed by atoms with Gasteiger partial charge in [-0.15, -0.1) is 0 Å². The molecule has 136 valence electrons. The zero-order chi connectivity index (χ0) is 18.3. The molecular weight excluding hydrogens is 340 g/mol. The summed E-state index contributed by atoms with van der Waals surface area (Å²) < 4.78 is 32.5. The maximum absolute atomic E-state index is 12.3. The first-order valence-electron chi connectivity index (χ1n) is 8.08. The maximum Gasteiger partial charge on any atom is 0.342 e. The first-order chi connectivity index (χ1) is 12.6. The van der Waals surface area contributed by atoms with E-state index in [1.165, 1.54) is 7.11 Å². The number of hydrogen-bond donors (Lipinski definition) is 0. The summed E-state index contributed by atoms with van der Waals surface area (Å²) in [6.45, 7) is 0.158. The Hall–Kier alpha value is -3.09. The fraction of sp³-hybridized carbons (Fsp3) is 0.316. The molecular formula is C19H18O7. The van der Waals surface area contributed by atoms with Crippen molar-refractivity contribution in [3.8, 4) is 28.7 Å². The molecule has 0 aliphatic carbocycles. The second kappa shape index (κ2) is 6.33. The quantitative estimate of drug-likeness (QED) is 0.761. The maximum atomic E-state index is 12.3. The smallest absolute Gasteiger partial charge is 0.342 e. The standard InChI is InChI=1S/C19H18O7/c1-21-11-7-12-13(26-19(20)17(12)14(8-11)22-2)4-10-5-15(23-3)18-16(6-10)24-9-25-18/h5-8,13H,4,9H2,1-3H3. The lowest BCUT2D eigenvalue weighted by atomic mass is 9.98. The zero-order valence-corrected chi connectivity index (χ0v) is 14.7. The van der Waals surface area contributed by atoms with Gasteiger partial charge in [0.25, 0.3) is 0 Å². The Bertz CT molecular complexity index is 875. The number of methoxy groups -OCH3 is 3. The average molecular weight is 358 g/mol. The Balaban J connectivity index is 1.71. The molecule has 0 fully saturated rings. The van der Waals surface area contributed by atoms with Gasteiger partial charge in [0, 0.05) is 18.1 Å². The first-order valence-corrected chi connectivity index (χ1v) is 8.08. The second-order valence-electron chi connectivity index (χ2n) is 5.92. The largest absolute Gasteiger partial charge is 0.497 e. The van der Waals surface area contributed by atoms with E-state index < -0.39 is 12.1 Å². The van der Waals surface area contributed by atoms with Crippen molar-refractivity contribution in [1.29, 1.82) is 0 Å². The molecule has 0 spiro atoms. The molecule has 2 aromatic carbocycles. The average Bonchev–Trinajstić information content (AvgIpc) is 3.25. The van der Waals surface area contributed by atoms with Gasteiger partial charge in [-0.05, 0) is 23.8 Å². The molecule has 0 bridgehead atoms. The van der Waals surface area contributed by atoms with Gasteiger partial charge < -0.3 is 28.4 Å². The number of cyclic esters (lactones) is 1. The fourth-order valence-electron chi connectivity index (χ4n) is 3.28. The van der Waals surface area contributed by atoms with Gasteiger partial charge in [0.05, 0.1) is 21.3 Å². The molecule has 0 radical (unpaired) electrons. The molecule has 1 atom stereocenters. The van der Waals surface area contributed by atoms with Crippen molar-refractivity contribution in [3.05, 3.63) is 41.0 Å². The monoisotopic (exact) mass is 358 g/mol. The Labute approximate surface area is 150 Å². The summed E-state index contributed by atoms with van der Waals surface area (Å²) in [5.74, 6) is 2.43. The predicted molar refractivity (Wildman–Crippen MR) is 90.5 cm³/mol. The van der Waals surface area contributed by atoms with Gasteiger partial charge in [-0.1, -0.05) is 0 Å². The number of fused-ring (bicyclic) bond motifs is 2. The molecule has 0 aromatic heterocycles. The third kappa shape index (κ3) is 2.56. The first kappa shape index (κ1) is 16.4. The topological polar surface area (TPSA) is 72.5 Å². The van der Waals surface area contributed by atoms with Crippen molar-refractivity contribution >= 4 is 5.97 Å². The van der Waals surface area contributed by atoms with Crippen molar-refractivity contribution in [2.24, 2.45) is 0 Å². The van der Waals surface area contributed by atoms with E-state index in [1.807, 2.05) is 12.1 Å². The van der Waals surface area contributed by atoms with Crippen molar-refractivity contribution in [2.75, 3.05) is 28.1 Å². The van der Waals surface area contributed by atoms with Crippen LogP contribution in [0, 0.1) is 0 Å². The lowest BCUT2D eigenvalue weighted by Crippen LogP contribution is -2.03. The number of hydrogen-bond acceptors (Lipinski definition) is 7. The Kier molecular flexibility index (Phi) is 3.99. The number of benzene rings is 2. The highest BCUT2D eigenvalue weighted by Crippen LogP contribution is 2.45. The van der Waals surface area contributed by atoms with Gasteiger partial charge in [-0.3, -0.25) is 0 Å². The molecule has 4 rings (SSSR count). The number of carbonyl (C=O) groups excluding carboxylic acids is 1. The summed E-state index contributed by atoms with van der Waals surface area (Å²) in [7, 11) is 4.65. The second-order valence-corrected chi connectivity index (χ2v) is 5.92. The van der Waals surface area contributed by atoms with Crippen LogP contribution >= 0.6 is 0 Å². The van der Waals surface area contributed by atoms with E-state index in [1.54, 1.807) is 26.4 Å². The van der Waals surface area contributed by atoms with Crippen LogP contribution in [0.2, 0.25) is 0 Å². The van der Waals surface area contributed by atoms with Crippen LogP contribution in [-0.4, -0.2) is 34.1 Å². The minimum atomic E-state index is -0.452. The van der Waals surface area contributed by atoms with Gasteiger partial charge in [0.1, 0.15) is 23.2 Å². The van der Waals surface area contributed by atoms with Gasteiger partial charge in [-0.2, -0.15) is 0 Å². The third-order valence-electron chi connectivity index (χ3n) is 4.50. The summed E-state index contributed by atoms with van der Waals surface area (Å²) in [6, 6.07) is 7.20. The van der Waals surface area contributed by atoms with E-state index in [0.717, 1.165) is 11.1 Å². The van der Waals surface area contributed by atoms with Crippen molar-refractivity contribution in [2.45, 2.75) is 12.5 Å². The van der Waals surface area contributed by atoms with Crippen molar-refractivity contribution in [3.63, 3.8) is 0 Å². The number of rotatable bonds is 5. The van der Waals surface area contributed by atoms with Gasteiger partial charge in [-0.25, -0.2) is 4.79 Å². The van der Waals surface area contributed by atoms with Crippen molar-refractivity contribution in [1.82, 2.24) is 0 Å². The summed E-state index contributed by atoms with van der Waals surface area (Å²) >= 11 is 0. The number of esters is 1. The lowest BCUT2D eigenvalue weighted by Gasteiger charge is -2.14. The van der Waals surface area contributed by atoms with Crippen LogP contribution in [0.4, 0.5) is 0 Å². The van der Waals surface area contributed by atoms with E-state index in [4.69, 9.17) is 28.4 Å². The van der Waals surface area contributed by atoms with E-state index >= 15 is 0 Å². The lowest BCUT2D eigenvalue weighted by molar-refractivity contribution is 0.0385. The minimum Gasteiger partial charge on any atom is -0.497 e. The molecule has 0 saturated heterocycles. The Morgan fingerprint density at radius 2 is 1.81 bits per heavy atom. The summed E-state index contributed by atoms with van der Waals surface area (Å²) in [6.07, 6.45) is 0.00814. The minimum absolute atomic E-state index is 0.158. The van der Waals surface area contributed by atoms with Crippen LogP contribution in [0.1, 0.15) is 27.6 Å². The van der Waals surface area contributed by atoms with Gasteiger partial charge >= 0.3 is 5.97 Å². The van der Waals surface area contributed by atoms with Crippen LogP contribution < -0.4 is 23.7 Å². The molecule has 26 heavy (non-hydrogen) atoms. The van der Waals surface area contributed by atoms with Crippen LogP contribution in [0.3, 0.4) is 0 Å². The highest BCUT2D eigenvalue weighted by atomic mass is 16.7. The normalized spacial score (nSPS) is 16.9. The number of ether oxygens (including phenoxy) is 6. The van der Waals surface area contributed by atoms with E-state index in [2.05, 4.69) is 0 Å². The summed E-state index contributed by atoms with van der Waals surface area (Å²) in [5, 5.41) is 0. The van der Waals surface area contributed by atoms with E-state index in [-0.39, 0.29) is 6.79 Å². The molecule has 1 unspecified atom stereocenters. The molecule has 2 heterocycles. The molecule has 0 N–H and O–H groups in total. The number of carbonyl (C=O) groups is 1.